The Morgan fingerprint density at radius 2 is 1.96 bits per heavy atom. The number of aryl methyl sites for hydroxylation is 1. The molecule has 2 N–H and O–H groups in total. The number of carboxylic acids is 1. The molecule has 152 valence electrons. The number of benzene rings is 1. The average molecular weight is 390 g/mol. The second kappa shape index (κ2) is 10.4. The maximum Gasteiger partial charge on any atom is 0.325 e. The highest BCUT2D eigenvalue weighted by molar-refractivity contribution is 5.97. The lowest BCUT2D eigenvalue weighted by atomic mass is 10.0. The molecular weight excluding hydrogens is 364 g/mol. The number of aromatic nitrogens is 4. The van der Waals surface area contributed by atoms with Crippen LogP contribution in [0.25, 0.3) is 0 Å². The minimum Gasteiger partial charge on any atom is -0.507 e. The first-order chi connectivity index (χ1) is 13.4. The van der Waals surface area contributed by atoms with Crippen LogP contribution in [0.1, 0.15) is 61.3 Å². The number of aromatic hydroxyl groups is 1. The van der Waals surface area contributed by atoms with Crippen molar-refractivity contribution in [3.63, 3.8) is 0 Å². The number of carbonyl (C=O) groups excluding carboxylic acids is 1. The van der Waals surface area contributed by atoms with Crippen LogP contribution in [0.3, 0.4) is 0 Å². The van der Waals surface area contributed by atoms with Gasteiger partial charge in [0.15, 0.2) is 11.6 Å². The fourth-order valence-corrected chi connectivity index (χ4v) is 2.93. The van der Waals surface area contributed by atoms with Gasteiger partial charge in [0.25, 0.3) is 0 Å². The van der Waals surface area contributed by atoms with Gasteiger partial charge >= 0.3 is 5.97 Å². The lowest BCUT2D eigenvalue weighted by Gasteiger charge is -2.14. The van der Waals surface area contributed by atoms with Gasteiger partial charge < -0.3 is 14.9 Å². The van der Waals surface area contributed by atoms with Gasteiger partial charge in [0.05, 0.1) is 12.2 Å². The minimum absolute atomic E-state index is 0.0112. The second-order valence-electron chi connectivity index (χ2n) is 6.55. The molecule has 0 spiro atoms. The van der Waals surface area contributed by atoms with Crippen LogP contribution in [-0.2, 0) is 24.2 Å². The van der Waals surface area contributed by atoms with Crippen LogP contribution in [0.15, 0.2) is 12.1 Å². The van der Waals surface area contributed by atoms with Crippen LogP contribution >= 0.6 is 0 Å². The van der Waals surface area contributed by atoms with E-state index < -0.39 is 5.97 Å². The zero-order chi connectivity index (χ0) is 20.5. The van der Waals surface area contributed by atoms with Gasteiger partial charge in [-0.2, -0.15) is 0 Å². The molecule has 9 nitrogen and oxygen atoms in total. The van der Waals surface area contributed by atoms with E-state index in [0.717, 1.165) is 25.7 Å². The summed E-state index contributed by atoms with van der Waals surface area (Å²) in [5, 5.41) is 30.2. The number of unbranched alkanes of at least 4 members (excludes halogenated alkanes) is 2. The SMILES string of the molecule is CCCc1c(OCCCCCc2nnnn2CC(=O)O)ccc(C(C)=O)c1O. The van der Waals surface area contributed by atoms with Crippen LogP contribution in [0.5, 0.6) is 11.5 Å². The maximum atomic E-state index is 11.6. The number of carboxylic acid groups (broad SMARTS) is 1. The summed E-state index contributed by atoms with van der Waals surface area (Å²) < 4.78 is 7.11. The molecule has 2 rings (SSSR count). The molecule has 0 aliphatic carbocycles. The normalized spacial score (nSPS) is 10.8. The molecule has 0 radical (unpaired) electrons. The Balaban J connectivity index is 1.82. The molecule has 0 saturated heterocycles. The number of tetrazole rings is 1. The van der Waals surface area contributed by atoms with E-state index in [4.69, 9.17) is 9.84 Å². The molecule has 0 aliphatic rings. The van der Waals surface area contributed by atoms with E-state index in [0.29, 0.717) is 42.1 Å². The van der Waals surface area contributed by atoms with E-state index >= 15 is 0 Å². The average Bonchev–Trinajstić information content (AvgIpc) is 3.06. The summed E-state index contributed by atoms with van der Waals surface area (Å²) in [7, 11) is 0. The number of Topliss-reactive ketones (excluding diaryl/α,β-unsaturated/α-hetero) is 1. The van der Waals surface area contributed by atoms with Crippen molar-refractivity contribution in [2.24, 2.45) is 0 Å². The lowest BCUT2D eigenvalue weighted by Crippen LogP contribution is -2.13. The van der Waals surface area contributed by atoms with E-state index in [1.165, 1.54) is 11.6 Å². The molecule has 1 aromatic heterocycles. The topological polar surface area (TPSA) is 127 Å². The van der Waals surface area contributed by atoms with Crippen molar-refractivity contribution in [1.29, 1.82) is 0 Å². The van der Waals surface area contributed by atoms with Crippen molar-refractivity contribution in [2.45, 2.75) is 58.9 Å². The van der Waals surface area contributed by atoms with Gasteiger partial charge in [-0.3, -0.25) is 9.59 Å². The number of phenolic OH excluding ortho intramolecular Hbond substituents is 1. The van der Waals surface area contributed by atoms with Crippen molar-refractivity contribution in [2.75, 3.05) is 6.61 Å². The number of carbonyl (C=O) groups is 2. The quantitative estimate of drug-likeness (QED) is 0.418. The number of nitrogens with zero attached hydrogens (tertiary/aromatic N) is 4. The predicted octanol–water partition coefficient (Wildman–Crippen LogP) is 2.41. The van der Waals surface area contributed by atoms with E-state index in [9.17, 15) is 14.7 Å². The van der Waals surface area contributed by atoms with Crippen LogP contribution in [0, 0.1) is 0 Å². The maximum absolute atomic E-state index is 11.6. The molecule has 28 heavy (non-hydrogen) atoms. The third-order valence-corrected chi connectivity index (χ3v) is 4.31. The molecule has 9 heteroatoms. The molecular formula is C19H26N4O5. The summed E-state index contributed by atoms with van der Waals surface area (Å²) in [4.78, 5) is 22.4. The molecule has 0 fully saturated rings. The van der Waals surface area contributed by atoms with Gasteiger partial charge in [-0.25, -0.2) is 4.68 Å². The number of hydrogen-bond donors (Lipinski definition) is 2. The van der Waals surface area contributed by atoms with Gasteiger partial charge in [-0.1, -0.05) is 13.3 Å². The summed E-state index contributed by atoms with van der Waals surface area (Å²) in [5.41, 5.74) is 0.984. The van der Waals surface area contributed by atoms with Crippen molar-refractivity contribution < 1.29 is 24.5 Å². The van der Waals surface area contributed by atoms with Crippen LogP contribution in [0.4, 0.5) is 0 Å². The first-order valence-corrected chi connectivity index (χ1v) is 9.39. The predicted molar refractivity (Wildman–Crippen MR) is 101 cm³/mol. The van der Waals surface area contributed by atoms with E-state index in [2.05, 4.69) is 15.5 Å². The lowest BCUT2D eigenvalue weighted by molar-refractivity contribution is -0.138. The van der Waals surface area contributed by atoms with E-state index in [1.807, 2.05) is 6.92 Å². The zero-order valence-electron chi connectivity index (χ0n) is 16.2. The summed E-state index contributed by atoms with van der Waals surface area (Å²) >= 11 is 0. The summed E-state index contributed by atoms with van der Waals surface area (Å²) in [6.45, 7) is 3.67. The Labute approximate surface area is 163 Å². The van der Waals surface area contributed by atoms with Crippen molar-refractivity contribution in [3.8, 4) is 11.5 Å². The van der Waals surface area contributed by atoms with Gasteiger partial charge in [0.1, 0.15) is 18.0 Å². The molecule has 0 atom stereocenters. The zero-order valence-corrected chi connectivity index (χ0v) is 16.2. The summed E-state index contributed by atoms with van der Waals surface area (Å²) in [5.74, 6) is 0.0145. The standard InChI is InChI=1S/C19H26N4O5/c1-3-7-15-16(10-9-14(13(2)24)19(15)27)28-11-6-4-5-8-17-20-21-22-23(17)12-18(25)26/h9-10,27H,3-8,11-12H2,1-2H3,(H,25,26). The van der Waals surface area contributed by atoms with E-state index in [1.54, 1.807) is 12.1 Å². The fraction of sp³-hybridized carbons (Fsp3) is 0.526. The third-order valence-electron chi connectivity index (χ3n) is 4.31. The monoisotopic (exact) mass is 390 g/mol. The van der Waals surface area contributed by atoms with Crippen molar-refractivity contribution in [1.82, 2.24) is 20.2 Å². The van der Waals surface area contributed by atoms with Crippen molar-refractivity contribution in [3.05, 3.63) is 29.1 Å². The minimum atomic E-state index is -0.983. The highest BCUT2D eigenvalue weighted by Gasteiger charge is 2.16. The molecule has 1 aromatic carbocycles. The van der Waals surface area contributed by atoms with E-state index in [-0.39, 0.29) is 18.1 Å². The Kier molecular flexibility index (Phi) is 7.91. The second-order valence-corrected chi connectivity index (χ2v) is 6.55. The molecule has 0 aliphatic heterocycles. The van der Waals surface area contributed by atoms with Crippen LogP contribution in [0.2, 0.25) is 0 Å². The van der Waals surface area contributed by atoms with Gasteiger partial charge in [-0.05, 0) is 55.2 Å². The molecule has 1 heterocycles. The fourth-order valence-electron chi connectivity index (χ4n) is 2.93. The molecule has 2 aromatic rings. The summed E-state index contributed by atoms with van der Waals surface area (Å²) in [6, 6.07) is 3.33. The highest BCUT2D eigenvalue weighted by atomic mass is 16.5. The van der Waals surface area contributed by atoms with Gasteiger partial charge in [0, 0.05) is 12.0 Å². The Bertz CT molecular complexity index is 819. The van der Waals surface area contributed by atoms with Crippen LogP contribution in [-0.4, -0.2) is 48.8 Å². The molecule has 0 amide bonds. The number of hydrogen-bond acceptors (Lipinski definition) is 7. The molecule has 0 saturated carbocycles. The number of aliphatic carboxylic acids is 1. The first kappa shape index (κ1) is 21.3. The first-order valence-electron chi connectivity index (χ1n) is 9.39. The Morgan fingerprint density at radius 3 is 2.64 bits per heavy atom. The number of rotatable bonds is 12. The van der Waals surface area contributed by atoms with Crippen molar-refractivity contribution >= 4 is 11.8 Å². The van der Waals surface area contributed by atoms with Gasteiger partial charge in [0.2, 0.25) is 0 Å². The molecule has 0 unspecified atom stereocenters. The molecule has 0 bridgehead atoms. The highest BCUT2D eigenvalue weighted by Crippen LogP contribution is 2.33. The number of ether oxygens (including phenoxy) is 1. The smallest absolute Gasteiger partial charge is 0.325 e. The number of ketones is 1. The Morgan fingerprint density at radius 1 is 1.18 bits per heavy atom. The third kappa shape index (κ3) is 5.77. The Hall–Kier alpha value is -2.97. The number of phenols is 1. The van der Waals surface area contributed by atoms with Crippen LogP contribution < -0.4 is 4.74 Å². The van der Waals surface area contributed by atoms with Gasteiger partial charge in [-0.15, -0.1) is 5.10 Å². The largest absolute Gasteiger partial charge is 0.507 e. The summed E-state index contributed by atoms with van der Waals surface area (Å²) in [6.07, 6.45) is 4.52.